The monoisotopic (exact) mass is 364 g/mol. The number of benzene rings is 1. The Hall–Kier alpha value is -1.27. The van der Waals surface area contributed by atoms with Gasteiger partial charge in [-0.25, -0.2) is 4.98 Å². The molecule has 0 aliphatic carbocycles. The van der Waals surface area contributed by atoms with Gasteiger partial charge in [0.1, 0.15) is 5.82 Å². The van der Waals surface area contributed by atoms with Gasteiger partial charge in [-0.15, -0.1) is 11.6 Å². The second kappa shape index (κ2) is 6.01. The summed E-state index contributed by atoms with van der Waals surface area (Å²) in [7, 11) is 0. The van der Waals surface area contributed by atoms with E-state index in [0.29, 0.717) is 11.3 Å². The third-order valence-corrected chi connectivity index (χ3v) is 3.30. The van der Waals surface area contributed by atoms with Crippen LogP contribution in [0.4, 0.5) is 24.7 Å². The molecule has 2 aromatic rings. The van der Waals surface area contributed by atoms with Gasteiger partial charge < -0.3 is 5.32 Å². The molecule has 0 atom stereocenters. The van der Waals surface area contributed by atoms with Crippen LogP contribution in [0.1, 0.15) is 11.1 Å². The summed E-state index contributed by atoms with van der Waals surface area (Å²) < 4.78 is 39.2. The summed E-state index contributed by atoms with van der Waals surface area (Å²) in [6.07, 6.45) is -3.18. The van der Waals surface area contributed by atoms with Crippen LogP contribution in [-0.2, 0) is 12.1 Å². The number of nitrogens with zero attached hydrogens (tertiary/aromatic N) is 1. The quantitative estimate of drug-likeness (QED) is 0.742. The summed E-state index contributed by atoms with van der Waals surface area (Å²) in [4.78, 5) is 3.79. The molecular weight excluding hydrogens is 357 g/mol. The molecule has 0 fully saturated rings. The lowest BCUT2D eigenvalue weighted by Crippen LogP contribution is -2.10. The van der Waals surface area contributed by atoms with Crippen molar-refractivity contribution in [3.05, 3.63) is 52.1 Å². The number of anilines is 2. The van der Waals surface area contributed by atoms with E-state index in [2.05, 4.69) is 26.2 Å². The number of aromatic nitrogens is 1. The Morgan fingerprint density at radius 1 is 1.25 bits per heavy atom. The Balaban J connectivity index is 2.44. The van der Waals surface area contributed by atoms with Gasteiger partial charge >= 0.3 is 6.18 Å². The van der Waals surface area contributed by atoms with Crippen molar-refractivity contribution < 1.29 is 13.2 Å². The van der Waals surface area contributed by atoms with Crippen LogP contribution < -0.4 is 5.32 Å². The second-order valence-corrected chi connectivity index (χ2v) is 5.15. The molecule has 0 amide bonds. The summed E-state index contributed by atoms with van der Waals surface area (Å²) in [6.45, 7) is 0. The number of pyridine rings is 1. The van der Waals surface area contributed by atoms with Gasteiger partial charge in [0, 0.05) is 22.2 Å². The van der Waals surface area contributed by atoms with Crippen molar-refractivity contribution in [2.75, 3.05) is 5.32 Å². The molecule has 0 radical (unpaired) electrons. The lowest BCUT2D eigenvalue weighted by molar-refractivity contribution is -0.137. The zero-order valence-corrected chi connectivity index (χ0v) is 12.4. The van der Waals surface area contributed by atoms with Gasteiger partial charge in [0.15, 0.2) is 0 Å². The van der Waals surface area contributed by atoms with E-state index in [-0.39, 0.29) is 16.2 Å². The van der Waals surface area contributed by atoms with Crippen LogP contribution in [-0.4, -0.2) is 4.98 Å². The Morgan fingerprint density at radius 2 is 1.95 bits per heavy atom. The van der Waals surface area contributed by atoms with Gasteiger partial charge in [-0.05, 0) is 33.6 Å². The molecule has 0 spiro atoms. The first-order valence-electron chi connectivity index (χ1n) is 5.55. The minimum Gasteiger partial charge on any atom is -0.339 e. The van der Waals surface area contributed by atoms with Gasteiger partial charge in [-0.3, -0.25) is 0 Å². The Kier molecular flexibility index (Phi) is 4.55. The molecule has 0 saturated carbocycles. The molecule has 0 saturated heterocycles. The molecule has 2 nitrogen and oxygen atoms in total. The number of hydrogen-bond acceptors (Lipinski definition) is 2. The summed E-state index contributed by atoms with van der Waals surface area (Å²) in [6, 6.07) is 7.86. The smallest absolute Gasteiger partial charge is 0.339 e. The van der Waals surface area contributed by atoms with Crippen molar-refractivity contribution in [3.8, 4) is 0 Å². The van der Waals surface area contributed by atoms with E-state index < -0.39 is 11.7 Å². The Labute approximate surface area is 127 Å². The molecule has 2 rings (SSSR count). The van der Waals surface area contributed by atoms with Crippen LogP contribution in [0.5, 0.6) is 0 Å². The predicted octanol–water partition coefficient (Wildman–Crippen LogP) is 5.35. The van der Waals surface area contributed by atoms with Crippen molar-refractivity contribution in [2.24, 2.45) is 0 Å². The third-order valence-electron chi connectivity index (χ3n) is 2.57. The molecule has 0 unspecified atom stereocenters. The molecule has 0 aliphatic heterocycles. The highest BCUT2D eigenvalue weighted by atomic mass is 79.9. The first-order chi connectivity index (χ1) is 9.41. The first-order valence-corrected chi connectivity index (χ1v) is 6.88. The average molecular weight is 366 g/mol. The van der Waals surface area contributed by atoms with Crippen LogP contribution in [0.25, 0.3) is 0 Å². The number of hydrogen-bond donors (Lipinski definition) is 1. The zero-order valence-electron chi connectivity index (χ0n) is 10.0. The van der Waals surface area contributed by atoms with E-state index in [0.717, 1.165) is 6.07 Å². The van der Waals surface area contributed by atoms with Crippen molar-refractivity contribution >= 4 is 39.0 Å². The van der Waals surface area contributed by atoms with E-state index in [1.165, 1.54) is 6.20 Å². The van der Waals surface area contributed by atoms with E-state index in [1.807, 2.05) is 0 Å². The molecule has 0 aliphatic rings. The van der Waals surface area contributed by atoms with Crippen LogP contribution in [0.3, 0.4) is 0 Å². The minimum atomic E-state index is -4.49. The van der Waals surface area contributed by atoms with Gasteiger partial charge in [0.25, 0.3) is 0 Å². The highest BCUT2D eigenvalue weighted by Crippen LogP contribution is 2.36. The number of halogens is 5. The van der Waals surface area contributed by atoms with Gasteiger partial charge in [-0.1, -0.05) is 18.2 Å². The topological polar surface area (TPSA) is 24.9 Å². The van der Waals surface area contributed by atoms with Gasteiger partial charge in [0.05, 0.1) is 5.56 Å². The van der Waals surface area contributed by atoms with Crippen LogP contribution >= 0.6 is 27.5 Å². The maximum Gasteiger partial charge on any atom is 0.420 e. The predicted molar refractivity (Wildman–Crippen MR) is 76.2 cm³/mol. The SMILES string of the molecule is FC(F)(F)c1cc(Br)cnc1Nc1ccccc1CCl. The van der Waals surface area contributed by atoms with Crippen molar-refractivity contribution in [1.29, 1.82) is 0 Å². The van der Waals surface area contributed by atoms with E-state index >= 15 is 0 Å². The number of alkyl halides is 4. The fraction of sp³-hybridized carbons (Fsp3) is 0.154. The average Bonchev–Trinajstić information content (AvgIpc) is 2.40. The van der Waals surface area contributed by atoms with E-state index in [4.69, 9.17) is 11.6 Å². The summed E-state index contributed by atoms with van der Waals surface area (Å²) in [5.74, 6) is -0.0561. The first kappa shape index (κ1) is 15.1. The van der Waals surface area contributed by atoms with E-state index in [1.54, 1.807) is 24.3 Å². The minimum absolute atomic E-state index is 0.195. The highest BCUT2D eigenvalue weighted by Gasteiger charge is 2.34. The molecule has 1 aromatic heterocycles. The summed E-state index contributed by atoms with van der Waals surface area (Å²) >= 11 is 8.75. The van der Waals surface area contributed by atoms with Gasteiger partial charge in [0.2, 0.25) is 0 Å². The fourth-order valence-corrected chi connectivity index (χ4v) is 2.21. The van der Waals surface area contributed by atoms with Crippen molar-refractivity contribution in [2.45, 2.75) is 12.1 Å². The maximum atomic E-state index is 13.0. The lowest BCUT2D eigenvalue weighted by atomic mass is 10.2. The maximum absolute atomic E-state index is 13.0. The van der Waals surface area contributed by atoms with Gasteiger partial charge in [-0.2, -0.15) is 13.2 Å². The lowest BCUT2D eigenvalue weighted by Gasteiger charge is -2.15. The number of nitrogens with one attached hydrogen (secondary N) is 1. The van der Waals surface area contributed by atoms with E-state index in [9.17, 15) is 13.2 Å². The van der Waals surface area contributed by atoms with Crippen LogP contribution in [0, 0.1) is 0 Å². The Morgan fingerprint density at radius 3 is 2.60 bits per heavy atom. The van der Waals surface area contributed by atoms with Crippen LogP contribution in [0.15, 0.2) is 41.0 Å². The number of para-hydroxylation sites is 1. The fourth-order valence-electron chi connectivity index (χ4n) is 1.64. The molecule has 1 N–H and O–H groups in total. The summed E-state index contributed by atoms with van der Waals surface area (Å²) in [5, 5.41) is 2.69. The largest absolute Gasteiger partial charge is 0.420 e. The van der Waals surface area contributed by atoms with Crippen molar-refractivity contribution in [3.63, 3.8) is 0 Å². The standard InChI is InChI=1S/C13H9BrClF3N2/c14-9-5-10(13(16,17)18)12(19-7-9)20-11-4-2-1-3-8(11)6-15/h1-5,7H,6H2,(H,19,20). The van der Waals surface area contributed by atoms with Crippen LogP contribution in [0.2, 0.25) is 0 Å². The third kappa shape index (κ3) is 3.43. The molecule has 1 heterocycles. The Bertz CT molecular complexity index is 617. The molecule has 106 valence electrons. The molecule has 20 heavy (non-hydrogen) atoms. The zero-order chi connectivity index (χ0) is 14.8. The second-order valence-electron chi connectivity index (χ2n) is 3.96. The number of rotatable bonds is 3. The summed E-state index contributed by atoms with van der Waals surface area (Å²) in [5.41, 5.74) is 0.367. The molecule has 7 heteroatoms. The normalized spacial score (nSPS) is 11.4. The molecule has 1 aromatic carbocycles. The highest BCUT2D eigenvalue weighted by molar-refractivity contribution is 9.10. The molecular formula is C13H9BrClF3N2. The van der Waals surface area contributed by atoms with Crippen molar-refractivity contribution in [1.82, 2.24) is 4.98 Å². The molecule has 0 bridgehead atoms.